The van der Waals surface area contributed by atoms with Gasteiger partial charge in [0.1, 0.15) is 43.2 Å². The number of esters is 2. The molecule has 332 valence electrons. The number of aliphatic hydroxyl groups excluding tert-OH is 5. The zero-order valence-electron chi connectivity index (χ0n) is 34.9. The summed E-state index contributed by atoms with van der Waals surface area (Å²) in [7, 11) is -5.10. The van der Waals surface area contributed by atoms with Gasteiger partial charge < -0.3 is 39.9 Å². The zero-order chi connectivity index (χ0) is 41.4. The predicted octanol–water partition coefficient (Wildman–Crippen LogP) is 8.11. The fourth-order valence-electron chi connectivity index (χ4n) is 7.05. The zero-order valence-corrected chi connectivity index (χ0v) is 35.8. The van der Waals surface area contributed by atoms with E-state index in [-0.39, 0.29) is 12.8 Å². The smallest absolute Gasteiger partial charge is 0.462 e. The highest BCUT2D eigenvalue weighted by Crippen LogP contribution is 2.47. The lowest BCUT2D eigenvalue weighted by Gasteiger charge is -2.41. The second kappa shape index (κ2) is 33.7. The van der Waals surface area contributed by atoms with Crippen LogP contribution in [0.1, 0.15) is 200 Å². The highest BCUT2D eigenvalue weighted by molar-refractivity contribution is 7.47. The van der Waals surface area contributed by atoms with Gasteiger partial charge in [-0.1, -0.05) is 174 Å². The van der Waals surface area contributed by atoms with E-state index in [4.69, 9.17) is 18.5 Å². The van der Waals surface area contributed by atoms with Gasteiger partial charge in [-0.05, 0) is 12.8 Å². The molecule has 0 saturated heterocycles. The van der Waals surface area contributed by atoms with Crippen LogP contribution in [-0.4, -0.2) is 98.3 Å². The molecule has 0 aromatic heterocycles. The van der Waals surface area contributed by atoms with Gasteiger partial charge in [-0.25, -0.2) is 4.57 Å². The van der Waals surface area contributed by atoms with E-state index in [0.29, 0.717) is 12.8 Å². The first kappa shape index (κ1) is 52.9. The van der Waals surface area contributed by atoms with Crippen molar-refractivity contribution in [1.29, 1.82) is 0 Å². The van der Waals surface area contributed by atoms with Crippen LogP contribution >= 0.6 is 7.82 Å². The Hall–Kier alpha value is -1.15. The minimum atomic E-state index is -5.10. The Balaban J connectivity index is 2.44. The highest BCUT2D eigenvalue weighted by Gasteiger charge is 2.51. The van der Waals surface area contributed by atoms with E-state index in [1.165, 1.54) is 116 Å². The molecule has 0 aliphatic heterocycles. The molecule has 1 saturated carbocycles. The molecule has 13 nitrogen and oxygen atoms in total. The Morgan fingerprint density at radius 2 is 0.804 bits per heavy atom. The summed E-state index contributed by atoms with van der Waals surface area (Å²) in [6.07, 6.45) is 18.8. The number of ether oxygens (including phenoxy) is 2. The maximum absolute atomic E-state index is 12.8. The van der Waals surface area contributed by atoms with Crippen LogP contribution in [0.4, 0.5) is 0 Å². The number of rotatable bonds is 37. The predicted molar refractivity (Wildman–Crippen MR) is 217 cm³/mol. The molecule has 14 heteroatoms. The van der Waals surface area contributed by atoms with Crippen molar-refractivity contribution in [2.24, 2.45) is 0 Å². The summed E-state index contributed by atoms with van der Waals surface area (Å²) in [6, 6.07) is 0. The first-order valence-electron chi connectivity index (χ1n) is 22.3. The number of phosphoric acid groups is 1. The lowest BCUT2D eigenvalue weighted by Crippen LogP contribution is -2.64. The molecule has 1 aliphatic carbocycles. The van der Waals surface area contributed by atoms with Crippen molar-refractivity contribution in [1.82, 2.24) is 0 Å². The standard InChI is InChI=1S/C42H81O13P/c1-3-5-7-9-11-13-15-16-17-18-19-21-22-24-26-28-30-35(43)52-32-34(54-36(44)31-29-27-25-23-20-14-12-10-8-6-4-2)33-53-56(50,51)55-42-40(48)38(46)37(45)39(47)41(42)49/h34,37-42,45-49H,3-33H2,1-2H3,(H,50,51)/t34-,37?,38-,39?,40?,41?,42?/m0/s1. The van der Waals surface area contributed by atoms with Gasteiger partial charge in [0.05, 0.1) is 6.61 Å². The summed E-state index contributed by atoms with van der Waals surface area (Å²) < 4.78 is 33.4. The van der Waals surface area contributed by atoms with E-state index in [1.54, 1.807) is 0 Å². The number of aliphatic hydroxyl groups is 5. The number of hydrogen-bond acceptors (Lipinski definition) is 12. The third kappa shape index (κ3) is 26.1. The molecule has 0 spiro atoms. The molecular formula is C42H81O13P. The number of unbranched alkanes of at least 4 members (excludes halogenated alkanes) is 25. The van der Waals surface area contributed by atoms with Crippen molar-refractivity contribution >= 4 is 19.8 Å². The summed E-state index contributed by atoms with van der Waals surface area (Å²) in [5.74, 6) is -1.09. The number of hydrogen-bond donors (Lipinski definition) is 6. The van der Waals surface area contributed by atoms with Crippen LogP contribution in [0.3, 0.4) is 0 Å². The van der Waals surface area contributed by atoms with Crippen molar-refractivity contribution in [3.8, 4) is 0 Å². The molecule has 0 amide bonds. The van der Waals surface area contributed by atoms with Gasteiger partial charge in [0.15, 0.2) is 6.10 Å². The van der Waals surface area contributed by atoms with Gasteiger partial charge in [-0.15, -0.1) is 0 Å². The molecular weight excluding hydrogens is 743 g/mol. The average molecular weight is 825 g/mol. The van der Waals surface area contributed by atoms with Crippen LogP contribution < -0.4 is 0 Å². The lowest BCUT2D eigenvalue weighted by molar-refractivity contribution is -0.220. The molecule has 0 aromatic rings. The van der Waals surface area contributed by atoms with Gasteiger partial charge in [-0.3, -0.25) is 18.6 Å². The fraction of sp³-hybridized carbons (Fsp3) is 0.952. The molecule has 6 N–H and O–H groups in total. The van der Waals surface area contributed by atoms with Crippen LogP contribution in [0.15, 0.2) is 0 Å². The van der Waals surface area contributed by atoms with Gasteiger partial charge in [0, 0.05) is 12.8 Å². The number of phosphoric ester groups is 1. The van der Waals surface area contributed by atoms with E-state index in [0.717, 1.165) is 44.9 Å². The summed E-state index contributed by atoms with van der Waals surface area (Å²) >= 11 is 0. The first-order valence-corrected chi connectivity index (χ1v) is 23.8. The summed E-state index contributed by atoms with van der Waals surface area (Å²) in [6.45, 7) is 3.30. The molecule has 0 heterocycles. The Labute approximate surface area is 338 Å². The first-order chi connectivity index (χ1) is 26.9. The van der Waals surface area contributed by atoms with Crippen LogP contribution in [0.25, 0.3) is 0 Å². The largest absolute Gasteiger partial charge is 0.472 e. The Kier molecular flexibility index (Phi) is 31.8. The van der Waals surface area contributed by atoms with Crippen molar-refractivity contribution < 1.29 is 63.1 Å². The van der Waals surface area contributed by atoms with Gasteiger partial charge >= 0.3 is 19.8 Å². The summed E-state index contributed by atoms with van der Waals surface area (Å²) in [4.78, 5) is 35.6. The Morgan fingerprint density at radius 3 is 1.18 bits per heavy atom. The molecule has 0 radical (unpaired) electrons. The quantitative estimate of drug-likeness (QED) is 0.0199. The minimum absolute atomic E-state index is 0.104. The minimum Gasteiger partial charge on any atom is -0.462 e. The molecule has 1 aliphatic rings. The normalized spacial score (nSPS) is 22.8. The van der Waals surface area contributed by atoms with E-state index in [2.05, 4.69) is 13.8 Å². The molecule has 1 rings (SSSR count). The van der Waals surface area contributed by atoms with Crippen LogP contribution in [0, 0.1) is 0 Å². The van der Waals surface area contributed by atoms with Crippen LogP contribution in [0.2, 0.25) is 0 Å². The maximum Gasteiger partial charge on any atom is 0.472 e. The third-order valence-corrected chi connectivity index (χ3v) is 11.7. The topological polar surface area (TPSA) is 210 Å². The van der Waals surface area contributed by atoms with Crippen LogP contribution in [-0.2, 0) is 32.7 Å². The second-order valence-electron chi connectivity index (χ2n) is 15.9. The van der Waals surface area contributed by atoms with Crippen molar-refractivity contribution in [3.63, 3.8) is 0 Å². The third-order valence-electron chi connectivity index (χ3n) is 10.7. The number of carbonyl (C=O) groups excluding carboxylic acids is 2. The summed E-state index contributed by atoms with van der Waals surface area (Å²) in [5.41, 5.74) is 0. The fourth-order valence-corrected chi connectivity index (χ4v) is 8.03. The molecule has 1 fully saturated rings. The molecule has 0 bridgehead atoms. The van der Waals surface area contributed by atoms with Crippen molar-refractivity contribution in [2.45, 2.75) is 243 Å². The SMILES string of the molecule is CCCCCCCCCCCCCCCCCCC(=O)OC[C@@H](COP(=O)(O)OC1C(O)C(O)C(O)[C@H](O)C1O)OC(=O)CCCCCCCCCCCCC. The highest BCUT2D eigenvalue weighted by atomic mass is 31.2. The molecule has 56 heavy (non-hydrogen) atoms. The van der Waals surface area contributed by atoms with Crippen molar-refractivity contribution in [3.05, 3.63) is 0 Å². The van der Waals surface area contributed by atoms with Gasteiger partial charge in [0.25, 0.3) is 0 Å². The second-order valence-corrected chi connectivity index (χ2v) is 17.3. The Morgan fingerprint density at radius 1 is 0.482 bits per heavy atom. The average Bonchev–Trinajstić information content (AvgIpc) is 3.18. The molecule has 0 aromatic carbocycles. The van der Waals surface area contributed by atoms with E-state index in [9.17, 15) is 44.6 Å². The van der Waals surface area contributed by atoms with Crippen LogP contribution in [0.5, 0.6) is 0 Å². The maximum atomic E-state index is 12.8. The van der Waals surface area contributed by atoms with Gasteiger partial charge in [0.2, 0.25) is 0 Å². The molecule has 8 atom stereocenters. The number of carbonyl (C=O) groups is 2. The van der Waals surface area contributed by atoms with E-state index < -0.39 is 75.7 Å². The Bertz CT molecular complexity index is 1000. The van der Waals surface area contributed by atoms with E-state index in [1.807, 2.05) is 0 Å². The molecule has 6 unspecified atom stereocenters. The van der Waals surface area contributed by atoms with E-state index >= 15 is 0 Å². The van der Waals surface area contributed by atoms with Gasteiger partial charge in [-0.2, -0.15) is 0 Å². The lowest BCUT2D eigenvalue weighted by atomic mass is 9.85. The van der Waals surface area contributed by atoms with Crippen molar-refractivity contribution in [2.75, 3.05) is 13.2 Å². The summed E-state index contributed by atoms with van der Waals surface area (Å²) in [5, 5.41) is 50.0. The monoisotopic (exact) mass is 825 g/mol.